The van der Waals surface area contributed by atoms with E-state index < -0.39 is 23.3 Å². The Kier molecular flexibility index (Phi) is 2.74. The normalized spacial score (nSPS) is 11.2. The Bertz CT molecular complexity index is 785. The number of hydrogen-bond donors (Lipinski definition) is 1. The van der Waals surface area contributed by atoms with Gasteiger partial charge in [-0.15, -0.1) is 0 Å². The number of fused-ring (bicyclic) bond motifs is 1. The van der Waals surface area contributed by atoms with Crippen molar-refractivity contribution in [3.05, 3.63) is 53.1 Å². The lowest BCUT2D eigenvalue weighted by molar-refractivity contribution is 0.510. The SMILES string of the molecule is Cc1cc(-c2nc3cc(F)c(F)cc3[nH]2)c(F)cc1F. The molecule has 102 valence electrons. The number of hydrogen-bond acceptors (Lipinski definition) is 1. The van der Waals surface area contributed by atoms with Gasteiger partial charge in [0, 0.05) is 18.2 Å². The maximum Gasteiger partial charge on any atom is 0.161 e. The average molecular weight is 280 g/mol. The van der Waals surface area contributed by atoms with Crippen LogP contribution in [-0.2, 0) is 0 Å². The monoisotopic (exact) mass is 280 g/mol. The van der Waals surface area contributed by atoms with Crippen LogP contribution in [0.25, 0.3) is 22.4 Å². The van der Waals surface area contributed by atoms with Crippen LogP contribution in [0, 0.1) is 30.2 Å². The summed E-state index contributed by atoms with van der Waals surface area (Å²) >= 11 is 0. The van der Waals surface area contributed by atoms with Crippen molar-refractivity contribution in [2.24, 2.45) is 0 Å². The molecule has 2 nitrogen and oxygen atoms in total. The number of nitrogens with one attached hydrogen (secondary N) is 1. The maximum atomic E-state index is 13.8. The third-order valence-corrected chi connectivity index (χ3v) is 3.03. The van der Waals surface area contributed by atoms with Crippen LogP contribution in [0.5, 0.6) is 0 Å². The Morgan fingerprint density at radius 3 is 2.30 bits per heavy atom. The van der Waals surface area contributed by atoms with Crippen molar-refractivity contribution in [3.8, 4) is 11.4 Å². The number of halogens is 4. The van der Waals surface area contributed by atoms with Gasteiger partial charge in [-0.1, -0.05) is 0 Å². The van der Waals surface area contributed by atoms with Crippen molar-refractivity contribution >= 4 is 11.0 Å². The Hall–Kier alpha value is -2.37. The number of nitrogens with zero attached hydrogens (tertiary/aromatic N) is 1. The molecule has 0 saturated carbocycles. The second kappa shape index (κ2) is 4.33. The van der Waals surface area contributed by atoms with Gasteiger partial charge >= 0.3 is 0 Å². The highest BCUT2D eigenvalue weighted by atomic mass is 19.2. The first-order valence-corrected chi connectivity index (χ1v) is 5.76. The third kappa shape index (κ3) is 1.93. The standard InChI is InChI=1S/C14H8F4N2/c1-6-2-7(9(16)3-8(6)15)14-19-12-4-10(17)11(18)5-13(12)20-14/h2-5H,1H3,(H,19,20). The molecule has 2 aromatic carbocycles. The van der Waals surface area contributed by atoms with E-state index in [1.54, 1.807) is 0 Å². The molecular weight excluding hydrogens is 272 g/mol. The number of aromatic nitrogens is 2. The van der Waals surface area contributed by atoms with E-state index in [4.69, 9.17) is 0 Å². The van der Waals surface area contributed by atoms with Gasteiger partial charge in [0.2, 0.25) is 0 Å². The van der Waals surface area contributed by atoms with Gasteiger partial charge in [0.25, 0.3) is 0 Å². The lowest BCUT2D eigenvalue weighted by atomic mass is 10.1. The summed E-state index contributed by atoms with van der Waals surface area (Å²) in [6.45, 7) is 1.49. The fourth-order valence-corrected chi connectivity index (χ4v) is 1.97. The van der Waals surface area contributed by atoms with Crippen LogP contribution in [-0.4, -0.2) is 9.97 Å². The number of H-pyrrole nitrogens is 1. The molecule has 1 N–H and O–H groups in total. The molecule has 0 saturated heterocycles. The van der Waals surface area contributed by atoms with E-state index in [0.717, 1.165) is 18.2 Å². The van der Waals surface area contributed by atoms with E-state index in [1.807, 2.05) is 0 Å². The van der Waals surface area contributed by atoms with E-state index in [-0.39, 0.29) is 28.0 Å². The van der Waals surface area contributed by atoms with Gasteiger partial charge in [-0.05, 0) is 18.6 Å². The molecule has 0 aliphatic heterocycles. The first-order chi connectivity index (χ1) is 9.45. The molecular formula is C14H8F4N2. The second-order valence-corrected chi connectivity index (χ2v) is 4.45. The summed E-state index contributed by atoms with van der Waals surface area (Å²) in [5.74, 6) is -3.44. The number of benzene rings is 2. The minimum atomic E-state index is -1.04. The van der Waals surface area contributed by atoms with Crippen molar-refractivity contribution < 1.29 is 17.6 Å². The molecule has 1 heterocycles. The summed E-state index contributed by atoms with van der Waals surface area (Å²) in [4.78, 5) is 6.68. The number of rotatable bonds is 1. The van der Waals surface area contributed by atoms with Crippen LogP contribution < -0.4 is 0 Å². The van der Waals surface area contributed by atoms with Gasteiger partial charge in [0.05, 0.1) is 16.6 Å². The zero-order valence-corrected chi connectivity index (χ0v) is 10.3. The van der Waals surface area contributed by atoms with Gasteiger partial charge < -0.3 is 4.98 Å². The molecule has 0 amide bonds. The topological polar surface area (TPSA) is 28.7 Å². The summed E-state index contributed by atoms with van der Waals surface area (Å²) in [6, 6.07) is 3.89. The molecule has 3 rings (SSSR count). The molecule has 3 aromatic rings. The summed E-state index contributed by atoms with van der Waals surface area (Å²) < 4.78 is 53.2. The van der Waals surface area contributed by atoms with E-state index in [2.05, 4.69) is 9.97 Å². The van der Waals surface area contributed by atoms with Crippen LogP contribution in [0.4, 0.5) is 17.6 Å². The summed E-state index contributed by atoms with van der Waals surface area (Å²) in [5.41, 5.74) is 0.695. The summed E-state index contributed by atoms with van der Waals surface area (Å²) in [7, 11) is 0. The highest BCUT2D eigenvalue weighted by Gasteiger charge is 2.14. The molecule has 20 heavy (non-hydrogen) atoms. The van der Waals surface area contributed by atoms with Gasteiger partial charge in [0.15, 0.2) is 11.6 Å². The molecule has 0 aliphatic rings. The van der Waals surface area contributed by atoms with E-state index in [1.165, 1.54) is 13.0 Å². The first-order valence-electron chi connectivity index (χ1n) is 5.76. The Balaban J connectivity index is 2.22. The molecule has 0 unspecified atom stereocenters. The van der Waals surface area contributed by atoms with Gasteiger partial charge in [-0.3, -0.25) is 0 Å². The van der Waals surface area contributed by atoms with E-state index >= 15 is 0 Å². The van der Waals surface area contributed by atoms with Crippen LogP contribution in [0.2, 0.25) is 0 Å². The molecule has 0 atom stereocenters. The fourth-order valence-electron chi connectivity index (χ4n) is 1.97. The first kappa shape index (κ1) is 12.7. The van der Waals surface area contributed by atoms with Gasteiger partial charge in [0.1, 0.15) is 17.5 Å². The zero-order chi connectivity index (χ0) is 14.4. The van der Waals surface area contributed by atoms with Crippen LogP contribution in [0.15, 0.2) is 24.3 Å². The molecule has 1 aromatic heterocycles. The van der Waals surface area contributed by atoms with Crippen molar-refractivity contribution in [1.29, 1.82) is 0 Å². The van der Waals surface area contributed by atoms with Crippen molar-refractivity contribution in [3.63, 3.8) is 0 Å². The predicted octanol–water partition coefficient (Wildman–Crippen LogP) is 4.09. The molecule has 0 bridgehead atoms. The van der Waals surface area contributed by atoms with Crippen molar-refractivity contribution in [2.45, 2.75) is 6.92 Å². The molecule has 0 spiro atoms. The number of aryl methyl sites for hydroxylation is 1. The number of imidazole rings is 1. The smallest absolute Gasteiger partial charge is 0.161 e. The highest BCUT2D eigenvalue weighted by molar-refractivity contribution is 5.79. The summed E-state index contributed by atoms with van der Waals surface area (Å²) in [5, 5.41) is 0. The largest absolute Gasteiger partial charge is 0.338 e. The Morgan fingerprint density at radius 1 is 0.850 bits per heavy atom. The van der Waals surface area contributed by atoms with Crippen molar-refractivity contribution in [2.75, 3.05) is 0 Å². The maximum absolute atomic E-state index is 13.8. The van der Waals surface area contributed by atoms with Crippen LogP contribution in [0.3, 0.4) is 0 Å². The van der Waals surface area contributed by atoms with E-state index in [9.17, 15) is 17.6 Å². The van der Waals surface area contributed by atoms with Gasteiger partial charge in [-0.2, -0.15) is 0 Å². The summed E-state index contributed by atoms with van der Waals surface area (Å²) in [6.07, 6.45) is 0. The minimum Gasteiger partial charge on any atom is -0.338 e. The lowest BCUT2D eigenvalue weighted by Crippen LogP contribution is -1.91. The number of aromatic amines is 1. The molecule has 6 heteroatoms. The highest BCUT2D eigenvalue weighted by Crippen LogP contribution is 2.26. The lowest BCUT2D eigenvalue weighted by Gasteiger charge is -2.02. The predicted molar refractivity (Wildman–Crippen MR) is 66.1 cm³/mol. The van der Waals surface area contributed by atoms with Crippen LogP contribution in [0.1, 0.15) is 5.56 Å². The van der Waals surface area contributed by atoms with E-state index in [0.29, 0.717) is 0 Å². The third-order valence-electron chi connectivity index (χ3n) is 3.03. The minimum absolute atomic E-state index is 0.0425. The fraction of sp³-hybridized carbons (Fsp3) is 0.0714. The zero-order valence-electron chi connectivity index (χ0n) is 10.3. The van der Waals surface area contributed by atoms with Gasteiger partial charge in [-0.25, -0.2) is 22.5 Å². The average Bonchev–Trinajstić information content (AvgIpc) is 2.77. The molecule has 0 aliphatic carbocycles. The quantitative estimate of drug-likeness (QED) is 0.668. The molecule has 0 fully saturated rings. The Morgan fingerprint density at radius 2 is 1.55 bits per heavy atom. The molecule has 0 radical (unpaired) electrons. The Labute approximate surface area is 111 Å². The second-order valence-electron chi connectivity index (χ2n) is 4.45. The van der Waals surface area contributed by atoms with Crippen molar-refractivity contribution in [1.82, 2.24) is 9.97 Å². The van der Waals surface area contributed by atoms with Crippen LogP contribution >= 0.6 is 0 Å².